The Kier molecular flexibility index (Phi) is 4.69. The molecule has 2 fully saturated rings. The number of ether oxygens (including phenoxy) is 2. The third-order valence-electron chi connectivity index (χ3n) is 5.55. The van der Waals surface area contributed by atoms with Crippen LogP contribution < -0.4 is 0 Å². The summed E-state index contributed by atoms with van der Waals surface area (Å²) < 4.78 is 13.6. The van der Waals surface area contributed by atoms with E-state index in [1.165, 1.54) is 43.5 Å². The molecule has 4 rings (SSSR count). The predicted molar refractivity (Wildman–Crippen MR) is 88.3 cm³/mol. The predicted octanol–water partition coefficient (Wildman–Crippen LogP) is 2.17. The molecule has 0 bridgehead atoms. The minimum atomic E-state index is 0.463. The van der Waals surface area contributed by atoms with Gasteiger partial charge in [-0.2, -0.15) is 5.10 Å². The third-order valence-corrected chi connectivity index (χ3v) is 5.55. The van der Waals surface area contributed by atoms with Crippen molar-refractivity contribution in [2.45, 2.75) is 38.1 Å². The highest BCUT2D eigenvalue weighted by Gasteiger charge is 2.31. The largest absolute Gasteiger partial charge is 0.381 e. The highest BCUT2D eigenvalue weighted by molar-refractivity contribution is 5.25. The van der Waals surface area contributed by atoms with Crippen LogP contribution in [0.1, 0.15) is 42.9 Å². The van der Waals surface area contributed by atoms with Gasteiger partial charge in [-0.05, 0) is 37.5 Å². The molecule has 1 atom stereocenters. The van der Waals surface area contributed by atoms with E-state index in [9.17, 15) is 0 Å². The molecule has 0 amide bonds. The van der Waals surface area contributed by atoms with Gasteiger partial charge in [0.2, 0.25) is 0 Å². The zero-order valence-electron chi connectivity index (χ0n) is 14.2. The molecule has 1 saturated heterocycles. The Balaban J connectivity index is 1.39. The van der Waals surface area contributed by atoms with Crippen LogP contribution in [-0.4, -0.2) is 54.2 Å². The standard InChI is InChI=1S/C18H29N3O2/c1-20-18-16(8-19-20)10-21(9-14-4-6-22-7-5-14)11-17(18)13-23-12-15-2-3-15/h8,14-15,17H,2-7,9-13H2,1H3/t17-/m0/s1. The average molecular weight is 319 g/mol. The summed E-state index contributed by atoms with van der Waals surface area (Å²) in [7, 11) is 2.07. The molecule has 5 heteroatoms. The first-order valence-electron chi connectivity index (χ1n) is 9.18. The monoisotopic (exact) mass is 319 g/mol. The van der Waals surface area contributed by atoms with Crippen LogP contribution in [0, 0.1) is 11.8 Å². The maximum atomic E-state index is 6.03. The van der Waals surface area contributed by atoms with Gasteiger partial charge in [0.15, 0.2) is 0 Å². The van der Waals surface area contributed by atoms with Crippen LogP contribution in [0.4, 0.5) is 0 Å². The topological polar surface area (TPSA) is 39.5 Å². The molecule has 1 aromatic heterocycles. The zero-order valence-corrected chi connectivity index (χ0v) is 14.2. The summed E-state index contributed by atoms with van der Waals surface area (Å²) in [6.07, 6.45) is 7.19. The minimum Gasteiger partial charge on any atom is -0.381 e. The van der Waals surface area contributed by atoms with Crippen LogP contribution in [0.25, 0.3) is 0 Å². The van der Waals surface area contributed by atoms with Gasteiger partial charge in [-0.25, -0.2) is 0 Å². The Labute approximate surface area is 138 Å². The van der Waals surface area contributed by atoms with E-state index >= 15 is 0 Å². The van der Waals surface area contributed by atoms with Crippen molar-refractivity contribution in [1.82, 2.24) is 14.7 Å². The Morgan fingerprint density at radius 1 is 1.17 bits per heavy atom. The van der Waals surface area contributed by atoms with Crippen LogP contribution in [0.2, 0.25) is 0 Å². The van der Waals surface area contributed by atoms with Crippen molar-refractivity contribution < 1.29 is 9.47 Å². The lowest BCUT2D eigenvalue weighted by Crippen LogP contribution is -2.40. The van der Waals surface area contributed by atoms with Crippen LogP contribution in [0.3, 0.4) is 0 Å². The first kappa shape index (κ1) is 15.6. The van der Waals surface area contributed by atoms with Gasteiger partial charge in [-0.3, -0.25) is 9.58 Å². The summed E-state index contributed by atoms with van der Waals surface area (Å²) in [5.74, 6) is 2.09. The molecule has 3 heterocycles. The summed E-state index contributed by atoms with van der Waals surface area (Å²) >= 11 is 0. The molecule has 128 valence electrons. The van der Waals surface area contributed by atoms with Crippen molar-refractivity contribution in [3.8, 4) is 0 Å². The van der Waals surface area contributed by atoms with E-state index in [2.05, 4.69) is 27.9 Å². The molecule has 3 aliphatic rings. The van der Waals surface area contributed by atoms with Gasteiger partial charge in [-0.1, -0.05) is 0 Å². The highest BCUT2D eigenvalue weighted by Crippen LogP contribution is 2.32. The van der Waals surface area contributed by atoms with Crippen LogP contribution in [-0.2, 0) is 23.1 Å². The maximum absolute atomic E-state index is 6.03. The van der Waals surface area contributed by atoms with Gasteiger partial charge in [0, 0.05) is 63.7 Å². The summed E-state index contributed by atoms with van der Waals surface area (Å²) in [6.45, 7) is 7.00. The van der Waals surface area contributed by atoms with Crippen molar-refractivity contribution in [2.24, 2.45) is 18.9 Å². The molecule has 1 aliphatic carbocycles. The number of aromatic nitrogens is 2. The molecule has 0 radical (unpaired) electrons. The van der Waals surface area contributed by atoms with E-state index in [0.29, 0.717) is 5.92 Å². The Morgan fingerprint density at radius 2 is 2.00 bits per heavy atom. The SMILES string of the molecule is Cn1ncc2c1[C@H](COCC1CC1)CN(CC1CCOCC1)C2. The lowest BCUT2D eigenvalue weighted by molar-refractivity contribution is 0.0427. The van der Waals surface area contributed by atoms with E-state index in [0.717, 1.165) is 51.4 Å². The molecule has 1 aromatic rings. The molecule has 0 spiro atoms. The summed E-state index contributed by atoms with van der Waals surface area (Å²) in [5.41, 5.74) is 2.79. The fraction of sp³-hybridized carbons (Fsp3) is 0.833. The molecule has 2 aliphatic heterocycles. The van der Waals surface area contributed by atoms with Crippen LogP contribution in [0.5, 0.6) is 0 Å². The molecular weight excluding hydrogens is 290 g/mol. The second-order valence-electron chi connectivity index (χ2n) is 7.61. The van der Waals surface area contributed by atoms with Gasteiger partial charge >= 0.3 is 0 Å². The lowest BCUT2D eigenvalue weighted by Gasteiger charge is -2.36. The normalized spacial score (nSPS) is 26.4. The first-order chi connectivity index (χ1) is 11.3. The van der Waals surface area contributed by atoms with Crippen molar-refractivity contribution >= 4 is 0 Å². The number of rotatable bonds is 6. The second kappa shape index (κ2) is 6.91. The fourth-order valence-electron chi connectivity index (χ4n) is 4.07. The first-order valence-corrected chi connectivity index (χ1v) is 9.18. The van der Waals surface area contributed by atoms with E-state index in [1.54, 1.807) is 0 Å². The Bertz CT molecular complexity index is 520. The average Bonchev–Trinajstić information content (AvgIpc) is 3.31. The second-order valence-corrected chi connectivity index (χ2v) is 7.61. The van der Waals surface area contributed by atoms with Gasteiger partial charge < -0.3 is 9.47 Å². The van der Waals surface area contributed by atoms with Gasteiger partial charge in [-0.15, -0.1) is 0 Å². The quantitative estimate of drug-likeness (QED) is 0.806. The van der Waals surface area contributed by atoms with Crippen LogP contribution >= 0.6 is 0 Å². The number of hydrogen-bond donors (Lipinski definition) is 0. The molecule has 1 saturated carbocycles. The molecule has 0 aromatic carbocycles. The number of fused-ring (bicyclic) bond motifs is 1. The van der Waals surface area contributed by atoms with E-state index in [1.807, 2.05) is 0 Å². The number of aryl methyl sites for hydroxylation is 1. The number of nitrogens with zero attached hydrogens (tertiary/aromatic N) is 3. The van der Waals surface area contributed by atoms with Gasteiger partial charge in [0.1, 0.15) is 0 Å². The van der Waals surface area contributed by atoms with Crippen molar-refractivity contribution in [3.05, 3.63) is 17.5 Å². The van der Waals surface area contributed by atoms with Gasteiger partial charge in [0.25, 0.3) is 0 Å². The smallest absolute Gasteiger partial charge is 0.0562 e. The van der Waals surface area contributed by atoms with Gasteiger partial charge in [0.05, 0.1) is 12.8 Å². The van der Waals surface area contributed by atoms with E-state index < -0.39 is 0 Å². The van der Waals surface area contributed by atoms with E-state index in [4.69, 9.17) is 9.47 Å². The molecular formula is C18H29N3O2. The zero-order chi connectivity index (χ0) is 15.6. The molecule has 5 nitrogen and oxygen atoms in total. The minimum absolute atomic E-state index is 0.463. The Morgan fingerprint density at radius 3 is 2.78 bits per heavy atom. The molecule has 0 unspecified atom stereocenters. The highest BCUT2D eigenvalue weighted by atomic mass is 16.5. The third kappa shape index (κ3) is 3.78. The summed E-state index contributed by atoms with van der Waals surface area (Å²) in [6, 6.07) is 0. The molecule has 0 N–H and O–H groups in total. The van der Waals surface area contributed by atoms with Crippen molar-refractivity contribution in [1.29, 1.82) is 0 Å². The lowest BCUT2D eigenvalue weighted by atomic mass is 9.94. The molecule has 23 heavy (non-hydrogen) atoms. The maximum Gasteiger partial charge on any atom is 0.0562 e. The number of hydrogen-bond acceptors (Lipinski definition) is 4. The van der Waals surface area contributed by atoms with Crippen LogP contribution in [0.15, 0.2) is 6.20 Å². The van der Waals surface area contributed by atoms with E-state index in [-0.39, 0.29) is 0 Å². The summed E-state index contributed by atoms with van der Waals surface area (Å²) in [5, 5.41) is 4.50. The van der Waals surface area contributed by atoms with Crippen molar-refractivity contribution in [2.75, 3.05) is 39.5 Å². The summed E-state index contributed by atoms with van der Waals surface area (Å²) in [4.78, 5) is 2.62. The fourth-order valence-corrected chi connectivity index (χ4v) is 4.07. The van der Waals surface area contributed by atoms with Crippen molar-refractivity contribution in [3.63, 3.8) is 0 Å². The Hall–Kier alpha value is -0.910.